The lowest BCUT2D eigenvalue weighted by Gasteiger charge is -2.31. The molecule has 0 bridgehead atoms. The minimum atomic E-state index is -0.428. The van der Waals surface area contributed by atoms with Crippen molar-refractivity contribution in [1.82, 2.24) is 4.98 Å². The van der Waals surface area contributed by atoms with Crippen LogP contribution in [0.5, 0.6) is 0 Å². The zero-order valence-electron chi connectivity index (χ0n) is 34.5. The molecule has 14 rings (SSSR count). The van der Waals surface area contributed by atoms with Crippen LogP contribution < -0.4 is 4.90 Å². The molecule has 0 fully saturated rings. The summed E-state index contributed by atoms with van der Waals surface area (Å²) in [6, 6.07) is 78.7. The third-order valence-corrected chi connectivity index (χ3v) is 13.7. The van der Waals surface area contributed by atoms with Gasteiger partial charge in [0.2, 0.25) is 5.89 Å². The van der Waals surface area contributed by atoms with Gasteiger partial charge in [-0.1, -0.05) is 164 Å². The van der Waals surface area contributed by atoms with E-state index in [0.717, 1.165) is 72.0 Å². The second-order valence-corrected chi connectivity index (χ2v) is 17.0. The third kappa shape index (κ3) is 4.79. The summed E-state index contributed by atoms with van der Waals surface area (Å²) in [6.07, 6.45) is 0. The van der Waals surface area contributed by atoms with Gasteiger partial charge in [-0.15, -0.1) is 0 Å². The zero-order valence-corrected chi connectivity index (χ0v) is 34.5. The van der Waals surface area contributed by atoms with Gasteiger partial charge in [0, 0.05) is 16.8 Å². The number of aromatic nitrogens is 1. The van der Waals surface area contributed by atoms with Crippen molar-refractivity contribution < 1.29 is 8.83 Å². The smallest absolute Gasteiger partial charge is 0.231 e. The molecule has 2 heterocycles. The van der Waals surface area contributed by atoms with E-state index in [1.807, 2.05) is 24.3 Å². The molecule has 64 heavy (non-hydrogen) atoms. The summed E-state index contributed by atoms with van der Waals surface area (Å²) >= 11 is 0. The molecule has 0 unspecified atom stereocenters. The lowest BCUT2D eigenvalue weighted by molar-refractivity contribution is 0.616. The van der Waals surface area contributed by atoms with Crippen molar-refractivity contribution in [2.45, 2.75) is 5.41 Å². The van der Waals surface area contributed by atoms with Crippen LogP contribution in [0.1, 0.15) is 22.3 Å². The molecule has 10 aromatic carbocycles. The minimum absolute atomic E-state index is 0.428. The van der Waals surface area contributed by atoms with Crippen LogP contribution in [0.3, 0.4) is 0 Å². The molecule has 2 aliphatic carbocycles. The summed E-state index contributed by atoms with van der Waals surface area (Å²) in [5, 5.41) is 4.12. The molecule has 0 saturated heterocycles. The van der Waals surface area contributed by atoms with Crippen molar-refractivity contribution in [3.8, 4) is 44.8 Å². The maximum Gasteiger partial charge on any atom is 0.231 e. The van der Waals surface area contributed by atoms with Crippen LogP contribution in [-0.4, -0.2) is 4.98 Å². The Kier molecular flexibility index (Phi) is 7.29. The number of benzene rings is 10. The van der Waals surface area contributed by atoms with Gasteiger partial charge in [0.1, 0.15) is 16.7 Å². The summed E-state index contributed by atoms with van der Waals surface area (Å²) in [5.41, 5.74) is 19.3. The van der Waals surface area contributed by atoms with Gasteiger partial charge in [-0.2, -0.15) is 0 Å². The first-order chi connectivity index (χ1) is 31.7. The fourth-order valence-electron chi connectivity index (χ4n) is 11.1. The fraction of sp³-hybridized carbons (Fsp3) is 0.0167. The molecular weight excluding hydrogens is 781 g/mol. The Morgan fingerprint density at radius 2 is 1.00 bits per heavy atom. The first-order valence-corrected chi connectivity index (χ1v) is 21.9. The number of hydrogen-bond donors (Lipinski definition) is 0. The van der Waals surface area contributed by atoms with Crippen molar-refractivity contribution in [3.63, 3.8) is 0 Å². The second kappa shape index (κ2) is 13.3. The van der Waals surface area contributed by atoms with Crippen LogP contribution in [0.15, 0.2) is 227 Å². The molecule has 0 atom stereocenters. The van der Waals surface area contributed by atoms with Crippen molar-refractivity contribution in [1.29, 1.82) is 0 Å². The van der Waals surface area contributed by atoms with Crippen LogP contribution in [0, 0.1) is 0 Å². The van der Waals surface area contributed by atoms with Crippen LogP contribution in [-0.2, 0) is 5.41 Å². The number of para-hydroxylation sites is 2. The number of oxazole rings is 1. The molecule has 2 aromatic heterocycles. The Morgan fingerprint density at radius 3 is 1.75 bits per heavy atom. The zero-order chi connectivity index (χ0) is 41.9. The highest BCUT2D eigenvalue weighted by Crippen LogP contribution is 2.63. The minimum Gasteiger partial charge on any atom is -0.455 e. The maximum atomic E-state index is 7.01. The molecule has 2 aliphatic rings. The van der Waals surface area contributed by atoms with Crippen molar-refractivity contribution in [2.24, 2.45) is 0 Å². The van der Waals surface area contributed by atoms with Gasteiger partial charge in [-0.3, -0.25) is 0 Å². The molecule has 1 spiro atoms. The number of hydrogen-bond acceptors (Lipinski definition) is 4. The SMILES string of the molecule is c1ccc(-c2ccc(N(c3ccc4c(c3)-c3ccccc3C43c4ccccc4-c4ccccc43)c3cccc4oc5c(-c6nc7ccccc7o6)c6ccccc6cc5c34)cc2)cc1. The van der Waals surface area contributed by atoms with E-state index in [1.54, 1.807) is 0 Å². The monoisotopic (exact) mass is 816 g/mol. The van der Waals surface area contributed by atoms with Gasteiger partial charge in [0.05, 0.1) is 22.1 Å². The summed E-state index contributed by atoms with van der Waals surface area (Å²) in [5.74, 6) is 0.540. The number of fused-ring (bicyclic) bond motifs is 15. The predicted octanol–water partition coefficient (Wildman–Crippen LogP) is 16.0. The van der Waals surface area contributed by atoms with E-state index in [0.29, 0.717) is 5.89 Å². The third-order valence-electron chi connectivity index (χ3n) is 13.7. The van der Waals surface area contributed by atoms with E-state index >= 15 is 0 Å². The van der Waals surface area contributed by atoms with E-state index in [2.05, 4.69) is 199 Å². The largest absolute Gasteiger partial charge is 0.455 e. The first-order valence-electron chi connectivity index (χ1n) is 21.9. The molecule has 298 valence electrons. The summed E-state index contributed by atoms with van der Waals surface area (Å²) in [6.45, 7) is 0. The van der Waals surface area contributed by atoms with Gasteiger partial charge < -0.3 is 13.7 Å². The molecule has 4 heteroatoms. The van der Waals surface area contributed by atoms with Gasteiger partial charge in [-0.05, 0) is 121 Å². The highest BCUT2D eigenvalue weighted by molar-refractivity contribution is 6.21. The van der Waals surface area contributed by atoms with E-state index in [-0.39, 0.29) is 0 Å². The predicted molar refractivity (Wildman–Crippen MR) is 261 cm³/mol. The molecule has 0 aliphatic heterocycles. The standard InChI is InChI=1S/C60H36N2O2/c1-2-15-37(16-3-1)38-29-31-40(32-30-38)62(41-33-34-51-46(36-41)45-21-8-11-24-50(45)60(51)48-22-9-6-19-43(48)44-20-7-10-23-49(44)60)53-26-14-28-55-56(53)47-35-39-17-4-5-18-42(39)57(58(47)63-55)59-61-52-25-12-13-27-54(52)64-59/h1-36H. The average Bonchev–Trinajstić information content (AvgIpc) is 4.11. The topological polar surface area (TPSA) is 42.4 Å². The van der Waals surface area contributed by atoms with Crippen LogP contribution in [0.2, 0.25) is 0 Å². The molecular formula is C60H36N2O2. The second-order valence-electron chi connectivity index (χ2n) is 17.0. The quantitative estimate of drug-likeness (QED) is 0.174. The Morgan fingerprint density at radius 1 is 0.406 bits per heavy atom. The molecule has 4 nitrogen and oxygen atoms in total. The number of furan rings is 1. The summed E-state index contributed by atoms with van der Waals surface area (Å²) in [7, 11) is 0. The van der Waals surface area contributed by atoms with Crippen LogP contribution >= 0.6 is 0 Å². The molecule has 0 saturated carbocycles. The van der Waals surface area contributed by atoms with Gasteiger partial charge in [0.25, 0.3) is 0 Å². The van der Waals surface area contributed by atoms with E-state index in [1.165, 1.54) is 50.1 Å². The summed E-state index contributed by atoms with van der Waals surface area (Å²) in [4.78, 5) is 7.42. The molecule has 12 aromatic rings. The Balaban J connectivity index is 1.04. The van der Waals surface area contributed by atoms with Gasteiger partial charge in [-0.25, -0.2) is 4.98 Å². The van der Waals surface area contributed by atoms with Crippen molar-refractivity contribution >= 4 is 60.9 Å². The summed E-state index contributed by atoms with van der Waals surface area (Å²) < 4.78 is 13.5. The Bertz CT molecular complexity index is 3780. The van der Waals surface area contributed by atoms with Crippen molar-refractivity contribution in [2.75, 3.05) is 4.90 Å². The fourth-order valence-corrected chi connectivity index (χ4v) is 11.1. The number of rotatable bonds is 5. The highest BCUT2D eigenvalue weighted by Gasteiger charge is 2.51. The van der Waals surface area contributed by atoms with Crippen LogP contribution in [0.4, 0.5) is 17.1 Å². The lowest BCUT2D eigenvalue weighted by atomic mass is 9.70. The average molecular weight is 817 g/mol. The number of nitrogens with zero attached hydrogens (tertiary/aromatic N) is 2. The number of anilines is 3. The molecule has 0 N–H and O–H groups in total. The van der Waals surface area contributed by atoms with E-state index < -0.39 is 5.41 Å². The Labute approximate surface area is 368 Å². The normalized spacial score (nSPS) is 13.1. The van der Waals surface area contributed by atoms with E-state index in [4.69, 9.17) is 13.8 Å². The van der Waals surface area contributed by atoms with E-state index in [9.17, 15) is 0 Å². The van der Waals surface area contributed by atoms with Gasteiger partial charge in [0.15, 0.2) is 5.58 Å². The molecule has 0 radical (unpaired) electrons. The molecule has 0 amide bonds. The van der Waals surface area contributed by atoms with Gasteiger partial charge >= 0.3 is 0 Å². The van der Waals surface area contributed by atoms with Crippen molar-refractivity contribution in [3.05, 3.63) is 241 Å². The lowest BCUT2D eigenvalue weighted by Crippen LogP contribution is -2.25. The first kappa shape index (κ1) is 35.2. The van der Waals surface area contributed by atoms with Crippen LogP contribution in [0.25, 0.3) is 88.6 Å². The Hall–Kier alpha value is -8.47. The highest BCUT2D eigenvalue weighted by atomic mass is 16.4. The maximum absolute atomic E-state index is 7.01.